The second-order valence-corrected chi connectivity index (χ2v) is 5.75. The van der Waals surface area contributed by atoms with E-state index >= 15 is 0 Å². The fourth-order valence-electron chi connectivity index (χ4n) is 3.09. The Labute approximate surface area is 113 Å². The van der Waals surface area contributed by atoms with E-state index in [0.717, 1.165) is 6.54 Å². The number of aliphatic carboxylic acids is 1. The van der Waals surface area contributed by atoms with Gasteiger partial charge in [-0.3, -0.25) is 4.79 Å². The van der Waals surface area contributed by atoms with Crippen LogP contribution in [-0.2, 0) is 14.3 Å². The van der Waals surface area contributed by atoms with Crippen molar-refractivity contribution in [2.75, 3.05) is 13.6 Å². The van der Waals surface area contributed by atoms with Gasteiger partial charge in [0.05, 0.1) is 0 Å². The number of carbonyl (C=O) groups is 2. The van der Waals surface area contributed by atoms with Gasteiger partial charge in [-0.2, -0.15) is 0 Å². The van der Waals surface area contributed by atoms with Crippen LogP contribution >= 0.6 is 0 Å². The smallest absolute Gasteiger partial charge is 0.332 e. The quantitative estimate of drug-likeness (QED) is 0.843. The molecular weight excluding hydrogens is 246 g/mol. The standard InChI is InChI=1S/C14H23NO4/c1-15(9-10-5-3-2-4-6-10)13(16)11-7-8-12(19-11)14(17)18/h10-12H,2-9H2,1H3,(H,17,18). The van der Waals surface area contributed by atoms with Crippen LogP contribution in [0, 0.1) is 5.92 Å². The van der Waals surface area contributed by atoms with Gasteiger partial charge < -0.3 is 14.7 Å². The second kappa shape index (κ2) is 6.37. The third-order valence-corrected chi connectivity index (χ3v) is 4.20. The van der Waals surface area contributed by atoms with Crippen molar-refractivity contribution < 1.29 is 19.4 Å². The lowest BCUT2D eigenvalue weighted by molar-refractivity contribution is -0.154. The molecule has 108 valence electrons. The van der Waals surface area contributed by atoms with Crippen LogP contribution in [-0.4, -0.2) is 47.7 Å². The number of hydrogen-bond donors (Lipinski definition) is 1. The van der Waals surface area contributed by atoms with Crippen molar-refractivity contribution >= 4 is 11.9 Å². The van der Waals surface area contributed by atoms with Gasteiger partial charge in [-0.15, -0.1) is 0 Å². The van der Waals surface area contributed by atoms with Gasteiger partial charge in [0.25, 0.3) is 5.91 Å². The summed E-state index contributed by atoms with van der Waals surface area (Å²) in [6, 6.07) is 0. The molecule has 0 aromatic carbocycles. The van der Waals surface area contributed by atoms with Crippen LogP contribution in [0.2, 0.25) is 0 Å². The molecule has 2 unspecified atom stereocenters. The van der Waals surface area contributed by atoms with Gasteiger partial charge in [0.1, 0.15) is 6.10 Å². The Morgan fingerprint density at radius 1 is 1.11 bits per heavy atom. The van der Waals surface area contributed by atoms with Crippen LogP contribution < -0.4 is 0 Å². The lowest BCUT2D eigenvalue weighted by atomic mass is 9.89. The Balaban J connectivity index is 1.80. The summed E-state index contributed by atoms with van der Waals surface area (Å²) in [7, 11) is 1.80. The minimum absolute atomic E-state index is 0.0608. The Bertz CT molecular complexity index is 338. The van der Waals surface area contributed by atoms with E-state index in [1.807, 2.05) is 0 Å². The van der Waals surface area contributed by atoms with Gasteiger partial charge in [0.15, 0.2) is 6.10 Å². The number of nitrogens with zero attached hydrogens (tertiary/aromatic N) is 1. The molecule has 1 amide bonds. The van der Waals surface area contributed by atoms with Crippen LogP contribution in [0.1, 0.15) is 44.9 Å². The van der Waals surface area contributed by atoms with Crippen LogP contribution in [0.3, 0.4) is 0 Å². The average molecular weight is 269 g/mol. The summed E-state index contributed by atoms with van der Waals surface area (Å²) in [6.45, 7) is 0.774. The Morgan fingerprint density at radius 3 is 2.32 bits per heavy atom. The van der Waals surface area contributed by atoms with Crippen molar-refractivity contribution in [2.45, 2.75) is 57.2 Å². The number of ether oxygens (including phenoxy) is 1. The van der Waals surface area contributed by atoms with E-state index in [-0.39, 0.29) is 5.91 Å². The number of rotatable bonds is 4. The molecule has 0 aromatic rings. The minimum atomic E-state index is -0.967. The third kappa shape index (κ3) is 3.69. The summed E-state index contributed by atoms with van der Waals surface area (Å²) in [5, 5.41) is 8.86. The van der Waals surface area contributed by atoms with Crippen molar-refractivity contribution in [3.8, 4) is 0 Å². The number of carboxylic acids is 1. The Kier molecular flexibility index (Phi) is 4.80. The largest absolute Gasteiger partial charge is 0.479 e. The SMILES string of the molecule is CN(CC1CCCCC1)C(=O)C1CCC(C(=O)O)O1. The van der Waals surface area contributed by atoms with Crippen molar-refractivity contribution in [1.29, 1.82) is 0 Å². The Hall–Kier alpha value is -1.10. The van der Waals surface area contributed by atoms with Crippen LogP contribution in [0.15, 0.2) is 0 Å². The highest BCUT2D eigenvalue weighted by molar-refractivity contribution is 5.82. The summed E-state index contributed by atoms with van der Waals surface area (Å²) in [5.74, 6) is -0.432. The predicted octanol–water partition coefficient (Wildman–Crippen LogP) is 1.66. The fraction of sp³-hybridized carbons (Fsp3) is 0.857. The summed E-state index contributed by atoms with van der Waals surface area (Å²) >= 11 is 0. The topological polar surface area (TPSA) is 66.8 Å². The molecule has 1 saturated heterocycles. The molecule has 0 bridgehead atoms. The zero-order valence-electron chi connectivity index (χ0n) is 11.5. The summed E-state index contributed by atoms with van der Waals surface area (Å²) in [6.07, 6.45) is 5.80. The molecule has 0 spiro atoms. The highest BCUT2D eigenvalue weighted by atomic mass is 16.5. The first-order valence-corrected chi connectivity index (χ1v) is 7.21. The maximum atomic E-state index is 12.2. The summed E-state index contributed by atoms with van der Waals surface area (Å²) < 4.78 is 5.30. The zero-order chi connectivity index (χ0) is 13.8. The first-order valence-electron chi connectivity index (χ1n) is 7.21. The van der Waals surface area contributed by atoms with Gasteiger partial charge in [-0.05, 0) is 31.6 Å². The molecule has 2 aliphatic rings. The highest BCUT2D eigenvalue weighted by Gasteiger charge is 2.36. The van der Waals surface area contributed by atoms with E-state index in [2.05, 4.69) is 0 Å². The number of likely N-dealkylation sites (N-methyl/N-ethyl adjacent to an activating group) is 1. The number of hydrogen-bond acceptors (Lipinski definition) is 3. The van der Waals surface area contributed by atoms with E-state index in [4.69, 9.17) is 9.84 Å². The number of carboxylic acid groups (broad SMARTS) is 1. The molecule has 2 atom stereocenters. The fourth-order valence-corrected chi connectivity index (χ4v) is 3.09. The monoisotopic (exact) mass is 269 g/mol. The molecule has 1 N–H and O–H groups in total. The minimum Gasteiger partial charge on any atom is -0.479 e. The van der Waals surface area contributed by atoms with Gasteiger partial charge in [-0.1, -0.05) is 19.3 Å². The van der Waals surface area contributed by atoms with Crippen LogP contribution in [0.25, 0.3) is 0 Å². The van der Waals surface area contributed by atoms with E-state index in [9.17, 15) is 9.59 Å². The van der Waals surface area contributed by atoms with Crippen molar-refractivity contribution in [2.24, 2.45) is 5.92 Å². The summed E-state index contributed by atoms with van der Waals surface area (Å²) in [4.78, 5) is 24.7. The van der Waals surface area contributed by atoms with Gasteiger partial charge in [0.2, 0.25) is 0 Å². The molecule has 1 heterocycles. The predicted molar refractivity (Wildman–Crippen MR) is 69.7 cm³/mol. The lowest BCUT2D eigenvalue weighted by Crippen LogP contribution is -2.40. The molecular formula is C14H23NO4. The van der Waals surface area contributed by atoms with Crippen molar-refractivity contribution in [3.05, 3.63) is 0 Å². The molecule has 2 rings (SSSR count). The molecule has 1 saturated carbocycles. The molecule has 2 fully saturated rings. The van der Waals surface area contributed by atoms with Crippen molar-refractivity contribution in [3.63, 3.8) is 0 Å². The molecule has 5 heteroatoms. The van der Waals surface area contributed by atoms with Gasteiger partial charge in [0, 0.05) is 13.6 Å². The third-order valence-electron chi connectivity index (χ3n) is 4.20. The molecule has 0 radical (unpaired) electrons. The molecule has 19 heavy (non-hydrogen) atoms. The van der Waals surface area contributed by atoms with Crippen molar-refractivity contribution in [1.82, 2.24) is 4.90 Å². The summed E-state index contributed by atoms with van der Waals surface area (Å²) in [5.41, 5.74) is 0. The van der Waals surface area contributed by atoms with Crippen LogP contribution in [0.5, 0.6) is 0 Å². The van der Waals surface area contributed by atoms with Gasteiger partial charge in [-0.25, -0.2) is 4.79 Å². The first kappa shape index (κ1) is 14.3. The molecule has 1 aliphatic heterocycles. The zero-order valence-corrected chi connectivity index (χ0v) is 11.5. The lowest BCUT2D eigenvalue weighted by Gasteiger charge is -2.28. The maximum absolute atomic E-state index is 12.2. The normalized spacial score (nSPS) is 28.3. The van der Waals surface area contributed by atoms with E-state index in [1.54, 1.807) is 11.9 Å². The molecule has 5 nitrogen and oxygen atoms in total. The number of carbonyl (C=O) groups excluding carboxylic acids is 1. The van der Waals surface area contributed by atoms with E-state index in [0.29, 0.717) is 18.8 Å². The highest BCUT2D eigenvalue weighted by Crippen LogP contribution is 2.26. The molecule has 1 aliphatic carbocycles. The van der Waals surface area contributed by atoms with Crippen LogP contribution in [0.4, 0.5) is 0 Å². The molecule has 0 aromatic heterocycles. The maximum Gasteiger partial charge on any atom is 0.332 e. The number of amides is 1. The first-order chi connectivity index (χ1) is 9.08. The van der Waals surface area contributed by atoms with E-state index in [1.165, 1.54) is 32.1 Å². The average Bonchev–Trinajstić information content (AvgIpc) is 2.88. The Morgan fingerprint density at radius 2 is 1.74 bits per heavy atom. The second-order valence-electron chi connectivity index (χ2n) is 5.75. The van der Waals surface area contributed by atoms with E-state index < -0.39 is 18.2 Å². The van der Waals surface area contributed by atoms with Gasteiger partial charge >= 0.3 is 5.97 Å².